The molecule has 0 aromatic carbocycles. The Bertz CT molecular complexity index is 203. The molecule has 0 saturated heterocycles. The second-order valence-corrected chi connectivity index (χ2v) is 5.89. The summed E-state index contributed by atoms with van der Waals surface area (Å²) in [6.07, 6.45) is 0.762. The normalized spacial score (nSPS) is 11.5. The molecule has 0 unspecified atom stereocenters. The van der Waals surface area contributed by atoms with Crippen molar-refractivity contribution in [3.63, 3.8) is 0 Å². The van der Waals surface area contributed by atoms with E-state index >= 15 is 0 Å². The Hall–Kier alpha value is -0.170. The highest BCUT2D eigenvalue weighted by molar-refractivity contribution is 9.10. The van der Waals surface area contributed by atoms with Crippen LogP contribution in [0.1, 0.15) is 20.3 Å². The van der Waals surface area contributed by atoms with Gasteiger partial charge >= 0.3 is 5.97 Å². The first-order valence-electron chi connectivity index (χ1n) is 5.61. The molecule has 1 N–H and O–H groups in total. The first kappa shape index (κ1) is 16.8. The van der Waals surface area contributed by atoms with Crippen LogP contribution in [-0.2, 0) is 19.0 Å². The zero-order valence-corrected chi connectivity index (χ0v) is 12.0. The largest absolute Gasteiger partial charge is 0.462 e. The predicted molar refractivity (Wildman–Crippen MR) is 67.3 cm³/mol. The number of halogens is 1. The molecule has 0 aliphatic rings. The monoisotopic (exact) mass is 312 g/mol. The van der Waals surface area contributed by atoms with Crippen molar-refractivity contribution in [2.24, 2.45) is 0 Å². The molecule has 0 aliphatic heterocycles. The third-order valence-corrected chi connectivity index (χ3v) is 2.08. The molecule has 0 radical (unpaired) electrons. The summed E-state index contributed by atoms with van der Waals surface area (Å²) in [5.74, 6) is -0.299. The van der Waals surface area contributed by atoms with Crippen LogP contribution in [0, 0.1) is 0 Å². The van der Waals surface area contributed by atoms with E-state index in [0.29, 0.717) is 26.4 Å². The second kappa shape index (κ2) is 9.82. The molecular weight excluding hydrogens is 292 g/mol. The highest BCUT2D eigenvalue weighted by atomic mass is 79.9. The second-order valence-electron chi connectivity index (χ2n) is 3.91. The Balaban J connectivity index is 3.22. The van der Waals surface area contributed by atoms with Crippen LogP contribution in [0.25, 0.3) is 0 Å². The molecule has 5 nitrogen and oxygen atoms in total. The third kappa shape index (κ3) is 10.7. The summed E-state index contributed by atoms with van der Waals surface area (Å²) >= 11 is 3.21. The first-order chi connectivity index (χ1) is 7.98. The van der Waals surface area contributed by atoms with Crippen molar-refractivity contribution in [2.75, 3.05) is 39.6 Å². The van der Waals surface area contributed by atoms with E-state index in [4.69, 9.17) is 19.3 Å². The van der Waals surface area contributed by atoms with Gasteiger partial charge in [0.1, 0.15) is 10.9 Å². The number of rotatable bonds is 10. The number of hydrogen-bond acceptors (Lipinski definition) is 5. The quantitative estimate of drug-likeness (QED) is 0.372. The molecule has 0 heterocycles. The molecule has 0 fully saturated rings. The van der Waals surface area contributed by atoms with Gasteiger partial charge in [-0.2, -0.15) is 0 Å². The number of ether oxygens (including phenoxy) is 3. The first-order valence-corrected chi connectivity index (χ1v) is 6.40. The van der Waals surface area contributed by atoms with Gasteiger partial charge in [-0.1, -0.05) is 15.9 Å². The third-order valence-electron chi connectivity index (χ3n) is 1.76. The summed E-state index contributed by atoms with van der Waals surface area (Å²) in [7, 11) is 0. The van der Waals surface area contributed by atoms with Gasteiger partial charge in [0.2, 0.25) is 0 Å². The van der Waals surface area contributed by atoms with E-state index in [-0.39, 0.29) is 19.2 Å². The molecule has 0 rings (SSSR count). The molecule has 17 heavy (non-hydrogen) atoms. The van der Waals surface area contributed by atoms with E-state index in [1.165, 1.54) is 0 Å². The lowest BCUT2D eigenvalue weighted by Gasteiger charge is -2.14. The number of aliphatic hydroxyl groups excluding tert-OH is 1. The van der Waals surface area contributed by atoms with Crippen molar-refractivity contribution in [3.8, 4) is 0 Å². The maximum Gasteiger partial charge on any atom is 0.322 e. The fourth-order valence-electron chi connectivity index (χ4n) is 0.897. The van der Waals surface area contributed by atoms with Crippen LogP contribution in [0.5, 0.6) is 0 Å². The van der Waals surface area contributed by atoms with Crippen molar-refractivity contribution in [3.05, 3.63) is 0 Å². The molecule has 0 amide bonds. The Kier molecular flexibility index (Phi) is 9.72. The lowest BCUT2D eigenvalue weighted by molar-refractivity contribution is -0.147. The van der Waals surface area contributed by atoms with Crippen molar-refractivity contribution >= 4 is 21.9 Å². The van der Waals surface area contributed by atoms with Crippen molar-refractivity contribution < 1.29 is 24.1 Å². The van der Waals surface area contributed by atoms with Crippen LogP contribution in [-0.4, -0.2) is 55.0 Å². The van der Waals surface area contributed by atoms with Crippen LogP contribution in [0.2, 0.25) is 0 Å². The summed E-state index contributed by atoms with van der Waals surface area (Å²) in [5, 5.41) is 8.45. The SMILES string of the molecule is CC(C)(Br)C(=O)OCCOCCCOCCO. The molecule has 0 bridgehead atoms. The van der Waals surface area contributed by atoms with Gasteiger partial charge in [-0.25, -0.2) is 0 Å². The fourth-order valence-corrected chi connectivity index (χ4v) is 1.01. The Labute approximate surface area is 111 Å². The smallest absolute Gasteiger partial charge is 0.322 e. The van der Waals surface area contributed by atoms with Crippen LogP contribution in [0.3, 0.4) is 0 Å². The minimum Gasteiger partial charge on any atom is -0.462 e. The van der Waals surface area contributed by atoms with E-state index in [1.54, 1.807) is 13.8 Å². The molecule has 0 saturated carbocycles. The molecule has 0 spiro atoms. The number of esters is 1. The van der Waals surface area contributed by atoms with Crippen molar-refractivity contribution in [1.29, 1.82) is 0 Å². The summed E-state index contributed by atoms with van der Waals surface area (Å²) in [5.41, 5.74) is 0. The van der Waals surface area contributed by atoms with Gasteiger partial charge in [0.05, 0.1) is 19.8 Å². The molecule has 0 atom stereocenters. The lowest BCUT2D eigenvalue weighted by atomic mass is 10.2. The zero-order valence-electron chi connectivity index (χ0n) is 10.4. The molecule has 0 aliphatic carbocycles. The molecular formula is C11H21BrO5. The van der Waals surface area contributed by atoms with Crippen molar-refractivity contribution in [1.82, 2.24) is 0 Å². The summed E-state index contributed by atoms with van der Waals surface area (Å²) in [6, 6.07) is 0. The summed E-state index contributed by atoms with van der Waals surface area (Å²) in [6.45, 7) is 5.62. The zero-order chi connectivity index (χ0) is 13.1. The van der Waals surface area contributed by atoms with Crippen LogP contribution in [0.4, 0.5) is 0 Å². The van der Waals surface area contributed by atoms with Gasteiger partial charge in [0.25, 0.3) is 0 Å². The Morgan fingerprint density at radius 3 is 2.24 bits per heavy atom. The lowest BCUT2D eigenvalue weighted by Crippen LogP contribution is -2.27. The molecule has 102 valence electrons. The topological polar surface area (TPSA) is 65.0 Å². The maximum atomic E-state index is 11.3. The van der Waals surface area contributed by atoms with E-state index in [9.17, 15) is 4.79 Å². The minimum atomic E-state index is -0.648. The van der Waals surface area contributed by atoms with Gasteiger partial charge in [-0.15, -0.1) is 0 Å². The van der Waals surface area contributed by atoms with Crippen molar-refractivity contribution in [2.45, 2.75) is 24.6 Å². The maximum absolute atomic E-state index is 11.3. The van der Waals surface area contributed by atoms with E-state index in [1.807, 2.05) is 0 Å². The average molecular weight is 313 g/mol. The number of carbonyl (C=O) groups is 1. The molecule has 0 aromatic rings. The van der Waals surface area contributed by atoms with Gasteiger partial charge in [0, 0.05) is 13.2 Å². The average Bonchev–Trinajstić information content (AvgIpc) is 2.25. The Morgan fingerprint density at radius 1 is 1.12 bits per heavy atom. The summed E-state index contributed by atoms with van der Waals surface area (Å²) < 4.78 is 14.6. The number of alkyl halides is 1. The van der Waals surface area contributed by atoms with Gasteiger partial charge in [-0.3, -0.25) is 4.79 Å². The van der Waals surface area contributed by atoms with Gasteiger partial charge < -0.3 is 19.3 Å². The number of hydrogen-bond donors (Lipinski definition) is 1. The van der Waals surface area contributed by atoms with E-state index < -0.39 is 4.32 Å². The fraction of sp³-hybridized carbons (Fsp3) is 0.909. The van der Waals surface area contributed by atoms with Gasteiger partial charge in [0.15, 0.2) is 0 Å². The molecule has 0 aromatic heterocycles. The Morgan fingerprint density at radius 2 is 1.71 bits per heavy atom. The van der Waals surface area contributed by atoms with Crippen LogP contribution in [0.15, 0.2) is 0 Å². The minimum absolute atomic E-state index is 0.0408. The number of carbonyl (C=O) groups excluding carboxylic acids is 1. The van der Waals surface area contributed by atoms with E-state index in [2.05, 4.69) is 15.9 Å². The standard InChI is InChI=1S/C11H21BrO5/c1-11(2,12)10(14)17-9-8-16-6-3-5-15-7-4-13/h13H,3-9H2,1-2H3. The van der Waals surface area contributed by atoms with Gasteiger partial charge in [-0.05, 0) is 20.3 Å². The van der Waals surface area contributed by atoms with Crippen LogP contribution >= 0.6 is 15.9 Å². The highest BCUT2D eigenvalue weighted by Crippen LogP contribution is 2.17. The van der Waals surface area contributed by atoms with Crippen LogP contribution < -0.4 is 0 Å². The molecule has 6 heteroatoms. The van der Waals surface area contributed by atoms with E-state index in [0.717, 1.165) is 6.42 Å². The predicted octanol–water partition coefficient (Wildman–Crippen LogP) is 1.12. The summed E-state index contributed by atoms with van der Waals surface area (Å²) in [4.78, 5) is 11.3. The number of aliphatic hydroxyl groups is 1. The highest BCUT2D eigenvalue weighted by Gasteiger charge is 2.24.